The first kappa shape index (κ1) is 12.0. The Labute approximate surface area is 99.1 Å². The largest absolute Gasteiger partial charge is 0.323 e. The van der Waals surface area contributed by atoms with Crippen molar-refractivity contribution in [2.45, 2.75) is 0 Å². The maximum atomic E-state index is 11.9. The van der Waals surface area contributed by atoms with Crippen molar-refractivity contribution in [2.24, 2.45) is 0 Å². The van der Waals surface area contributed by atoms with Crippen LogP contribution >= 0.6 is 0 Å². The molecule has 2 heterocycles. The van der Waals surface area contributed by atoms with E-state index in [1.807, 2.05) is 4.90 Å². The Kier molecular flexibility index (Phi) is 3.70. The average Bonchev–Trinajstić information content (AvgIpc) is 2.29. The summed E-state index contributed by atoms with van der Waals surface area (Å²) in [5.74, 6) is -0.972. The third kappa shape index (κ3) is 3.24. The Bertz CT molecular complexity index is 322. The lowest BCUT2D eigenvalue weighted by molar-refractivity contribution is -0.146. The van der Waals surface area contributed by atoms with E-state index in [-0.39, 0.29) is 25.5 Å². The van der Waals surface area contributed by atoms with Crippen molar-refractivity contribution >= 4 is 17.7 Å². The summed E-state index contributed by atoms with van der Waals surface area (Å²) >= 11 is 0. The molecule has 0 aliphatic carbocycles. The van der Waals surface area contributed by atoms with Crippen LogP contribution in [0.5, 0.6) is 0 Å². The minimum absolute atomic E-state index is 0.0172. The summed E-state index contributed by atoms with van der Waals surface area (Å²) in [4.78, 5) is 37.5. The van der Waals surface area contributed by atoms with E-state index in [2.05, 4.69) is 10.6 Å². The second kappa shape index (κ2) is 5.24. The molecule has 0 aromatic carbocycles. The van der Waals surface area contributed by atoms with Gasteiger partial charge in [-0.25, -0.2) is 0 Å². The van der Waals surface area contributed by atoms with E-state index in [0.717, 1.165) is 26.2 Å². The summed E-state index contributed by atoms with van der Waals surface area (Å²) in [5, 5.41) is 5.37. The van der Waals surface area contributed by atoms with Crippen LogP contribution in [-0.4, -0.2) is 73.3 Å². The summed E-state index contributed by atoms with van der Waals surface area (Å²) in [5.41, 5.74) is 0. The van der Waals surface area contributed by atoms with E-state index in [1.165, 1.54) is 4.90 Å². The summed E-state index contributed by atoms with van der Waals surface area (Å²) in [6.45, 7) is 3.62. The number of carbonyl (C=O) groups excluding carboxylic acids is 3. The van der Waals surface area contributed by atoms with Gasteiger partial charge in [0.15, 0.2) is 0 Å². The number of rotatable bonds is 2. The third-order valence-corrected chi connectivity index (χ3v) is 2.87. The minimum Gasteiger partial charge on any atom is -0.323 e. The normalized spacial score (nSPS) is 22.5. The molecule has 94 valence electrons. The molecule has 0 spiro atoms. The van der Waals surface area contributed by atoms with Crippen LogP contribution < -0.4 is 10.6 Å². The van der Waals surface area contributed by atoms with E-state index in [0.29, 0.717) is 0 Å². The lowest BCUT2D eigenvalue weighted by Crippen LogP contribution is -2.56. The molecule has 3 amide bonds. The van der Waals surface area contributed by atoms with Crippen molar-refractivity contribution in [1.82, 2.24) is 20.4 Å². The van der Waals surface area contributed by atoms with Gasteiger partial charge in [-0.3, -0.25) is 24.6 Å². The fraction of sp³-hybridized carbons (Fsp3) is 0.700. The van der Waals surface area contributed by atoms with Crippen molar-refractivity contribution in [3.63, 3.8) is 0 Å². The van der Waals surface area contributed by atoms with Gasteiger partial charge in [-0.2, -0.15) is 0 Å². The van der Waals surface area contributed by atoms with Crippen LogP contribution in [0.15, 0.2) is 0 Å². The number of carbonyl (C=O) groups is 3. The smallest absolute Gasteiger partial charge is 0.246 e. The van der Waals surface area contributed by atoms with Crippen molar-refractivity contribution in [2.75, 3.05) is 45.8 Å². The third-order valence-electron chi connectivity index (χ3n) is 2.87. The fourth-order valence-electron chi connectivity index (χ4n) is 1.97. The number of hydrogen-bond acceptors (Lipinski definition) is 5. The van der Waals surface area contributed by atoms with E-state index in [1.54, 1.807) is 0 Å². The van der Waals surface area contributed by atoms with Crippen molar-refractivity contribution in [1.29, 1.82) is 0 Å². The first-order valence-corrected chi connectivity index (χ1v) is 5.68. The van der Waals surface area contributed by atoms with Crippen LogP contribution in [0.4, 0.5) is 0 Å². The zero-order chi connectivity index (χ0) is 12.3. The van der Waals surface area contributed by atoms with Gasteiger partial charge in [0.25, 0.3) is 0 Å². The highest BCUT2D eigenvalue weighted by Gasteiger charge is 2.27. The minimum atomic E-state index is -0.407. The molecule has 0 saturated carbocycles. The Balaban J connectivity index is 1.86. The maximum absolute atomic E-state index is 11.9. The SMILES string of the molecule is O=C1CN(C(=O)CN2CCNCC2)CC(=O)N1. The van der Waals surface area contributed by atoms with Gasteiger partial charge < -0.3 is 10.2 Å². The van der Waals surface area contributed by atoms with Gasteiger partial charge in [0.05, 0.1) is 6.54 Å². The fourth-order valence-corrected chi connectivity index (χ4v) is 1.97. The van der Waals surface area contributed by atoms with Crippen LogP contribution in [0.2, 0.25) is 0 Å². The quantitative estimate of drug-likeness (QED) is 0.516. The molecular formula is C10H16N4O3. The standard InChI is InChI=1S/C10H16N4O3/c15-8-5-14(6-9(16)12-8)10(17)7-13-3-1-11-2-4-13/h11H,1-7H2,(H,12,15,16). The second-order valence-corrected chi connectivity index (χ2v) is 4.25. The molecule has 0 atom stereocenters. The topological polar surface area (TPSA) is 81.8 Å². The maximum Gasteiger partial charge on any atom is 0.246 e. The average molecular weight is 240 g/mol. The van der Waals surface area contributed by atoms with E-state index >= 15 is 0 Å². The molecule has 0 aromatic heterocycles. The first-order chi connectivity index (χ1) is 8.15. The molecule has 0 aromatic rings. The molecule has 2 rings (SSSR count). The highest BCUT2D eigenvalue weighted by atomic mass is 16.2. The molecule has 2 aliphatic heterocycles. The Hall–Kier alpha value is -1.47. The van der Waals surface area contributed by atoms with E-state index in [4.69, 9.17) is 0 Å². The number of hydrogen-bond donors (Lipinski definition) is 2. The monoisotopic (exact) mass is 240 g/mol. The Morgan fingerprint density at radius 2 is 1.71 bits per heavy atom. The van der Waals surface area contributed by atoms with Gasteiger partial charge in [-0.05, 0) is 0 Å². The highest BCUT2D eigenvalue weighted by Crippen LogP contribution is 1.99. The molecule has 17 heavy (non-hydrogen) atoms. The summed E-state index contributed by atoms with van der Waals surface area (Å²) < 4.78 is 0. The van der Waals surface area contributed by atoms with Crippen LogP contribution in [-0.2, 0) is 14.4 Å². The molecule has 2 aliphatic rings. The molecule has 0 unspecified atom stereocenters. The molecular weight excluding hydrogens is 224 g/mol. The van der Waals surface area contributed by atoms with Crippen LogP contribution in [0.3, 0.4) is 0 Å². The van der Waals surface area contributed by atoms with Crippen molar-refractivity contribution in [3.05, 3.63) is 0 Å². The van der Waals surface area contributed by atoms with Gasteiger partial charge in [0.2, 0.25) is 17.7 Å². The highest BCUT2D eigenvalue weighted by molar-refractivity contribution is 6.02. The molecule has 7 heteroatoms. The number of amides is 3. The number of nitrogens with one attached hydrogen (secondary N) is 2. The first-order valence-electron chi connectivity index (χ1n) is 5.68. The van der Waals surface area contributed by atoms with Crippen molar-refractivity contribution < 1.29 is 14.4 Å². The zero-order valence-corrected chi connectivity index (χ0v) is 9.57. The van der Waals surface area contributed by atoms with Crippen LogP contribution in [0, 0.1) is 0 Å². The van der Waals surface area contributed by atoms with Gasteiger partial charge in [0.1, 0.15) is 13.1 Å². The molecule has 0 radical (unpaired) electrons. The van der Waals surface area contributed by atoms with Gasteiger partial charge in [-0.15, -0.1) is 0 Å². The molecule has 2 fully saturated rings. The summed E-state index contributed by atoms with van der Waals surface area (Å²) in [6.07, 6.45) is 0. The lowest BCUT2D eigenvalue weighted by Gasteiger charge is -2.30. The van der Waals surface area contributed by atoms with E-state index in [9.17, 15) is 14.4 Å². The Morgan fingerprint density at radius 1 is 1.12 bits per heavy atom. The van der Waals surface area contributed by atoms with Gasteiger partial charge >= 0.3 is 0 Å². The predicted molar refractivity (Wildman–Crippen MR) is 59.0 cm³/mol. The van der Waals surface area contributed by atoms with Crippen molar-refractivity contribution in [3.8, 4) is 0 Å². The summed E-state index contributed by atoms with van der Waals surface area (Å²) in [7, 11) is 0. The predicted octanol–water partition coefficient (Wildman–Crippen LogP) is -2.62. The molecule has 2 saturated heterocycles. The Morgan fingerprint density at radius 3 is 2.29 bits per heavy atom. The molecule has 2 N–H and O–H groups in total. The molecule has 0 bridgehead atoms. The summed E-state index contributed by atoms with van der Waals surface area (Å²) in [6, 6.07) is 0. The number of nitrogens with zero attached hydrogens (tertiary/aromatic N) is 2. The second-order valence-electron chi connectivity index (χ2n) is 4.25. The number of piperazine rings is 2. The van der Waals surface area contributed by atoms with E-state index < -0.39 is 11.8 Å². The molecule has 7 nitrogen and oxygen atoms in total. The van der Waals surface area contributed by atoms with Crippen LogP contribution in [0.25, 0.3) is 0 Å². The lowest BCUT2D eigenvalue weighted by atomic mass is 10.3. The van der Waals surface area contributed by atoms with Crippen LogP contribution in [0.1, 0.15) is 0 Å². The van der Waals surface area contributed by atoms with Gasteiger partial charge in [0, 0.05) is 26.2 Å². The number of imide groups is 1. The zero-order valence-electron chi connectivity index (χ0n) is 9.57. The van der Waals surface area contributed by atoms with Gasteiger partial charge in [-0.1, -0.05) is 0 Å².